The van der Waals surface area contributed by atoms with Crippen LogP contribution in [0.3, 0.4) is 0 Å². The second-order valence-electron chi connectivity index (χ2n) is 13.5. The standard InChI is InChI=1S/C35H50N4O12S3/c1-19(2)28-22(36-32(30(28)53(7,47)48)38-25(40)13-9-11-15-51-35(46)21(5)6)17-23-29(20(3)4)31(54(8,49)50)33(37-23)39-26(41)14-10-12-16-52-24(34(44)45)18-27(42)43/h17,19-20,24,37H,5,9-16,18H2,1-4,6-8H3,(H,39,41)(H,42,43)(H,44,45)(H,36,38,40). The predicted octanol–water partition coefficient (Wildman–Crippen LogP) is 4.43. The maximum Gasteiger partial charge on any atom is 0.333 e. The summed E-state index contributed by atoms with van der Waals surface area (Å²) in [5, 5.41) is 22.2. The number of aliphatic carboxylic acids is 2. The minimum atomic E-state index is -3.95. The predicted molar refractivity (Wildman–Crippen MR) is 206 cm³/mol. The van der Waals surface area contributed by atoms with Crippen LogP contribution >= 0.6 is 11.8 Å². The first-order valence-corrected chi connectivity index (χ1v) is 22.0. The number of ether oxygens (including phenoxy) is 1. The van der Waals surface area contributed by atoms with Crippen molar-refractivity contribution in [2.24, 2.45) is 10.9 Å². The van der Waals surface area contributed by atoms with Crippen molar-refractivity contribution in [2.75, 3.05) is 30.2 Å². The first-order valence-electron chi connectivity index (χ1n) is 17.1. The minimum absolute atomic E-state index is 0.0158. The van der Waals surface area contributed by atoms with Crippen LogP contribution < -0.4 is 10.6 Å². The van der Waals surface area contributed by atoms with Gasteiger partial charge in [0.05, 0.1) is 18.7 Å². The number of aromatic amines is 1. The summed E-state index contributed by atoms with van der Waals surface area (Å²) in [7, 11) is -7.90. The van der Waals surface area contributed by atoms with Gasteiger partial charge in [-0.25, -0.2) is 26.6 Å². The Labute approximate surface area is 320 Å². The highest BCUT2D eigenvalue weighted by Crippen LogP contribution is 2.39. The number of carboxylic acids is 2. The number of carbonyl (C=O) groups is 5. The van der Waals surface area contributed by atoms with Crippen LogP contribution in [0.2, 0.25) is 0 Å². The first-order chi connectivity index (χ1) is 24.9. The summed E-state index contributed by atoms with van der Waals surface area (Å²) >= 11 is 0.960. The number of hydrogen-bond donors (Lipinski definition) is 5. The van der Waals surface area contributed by atoms with Gasteiger partial charge in [-0.3, -0.25) is 19.2 Å². The lowest BCUT2D eigenvalue weighted by Crippen LogP contribution is -2.33. The van der Waals surface area contributed by atoms with E-state index in [2.05, 4.69) is 27.2 Å². The van der Waals surface area contributed by atoms with E-state index in [-0.39, 0.29) is 57.9 Å². The van der Waals surface area contributed by atoms with Gasteiger partial charge in [-0.1, -0.05) is 34.3 Å². The van der Waals surface area contributed by atoms with Crippen LogP contribution in [0.5, 0.6) is 0 Å². The molecule has 19 heteroatoms. The molecule has 1 aliphatic heterocycles. The number of amides is 2. The van der Waals surface area contributed by atoms with E-state index in [1.807, 2.05) is 0 Å². The van der Waals surface area contributed by atoms with Gasteiger partial charge in [0.25, 0.3) is 0 Å². The third-order valence-electron chi connectivity index (χ3n) is 7.82. The number of H-pyrrole nitrogens is 1. The van der Waals surface area contributed by atoms with Crippen molar-refractivity contribution in [3.05, 3.63) is 39.6 Å². The Balaban J connectivity index is 2.42. The van der Waals surface area contributed by atoms with Crippen molar-refractivity contribution < 1.29 is 55.8 Å². The average molecular weight is 815 g/mol. The maximum atomic E-state index is 13.1. The number of rotatable bonds is 21. The van der Waals surface area contributed by atoms with Crippen LogP contribution in [-0.4, -0.2) is 97.7 Å². The molecule has 0 bridgehead atoms. The van der Waals surface area contributed by atoms with Gasteiger partial charge in [-0.15, -0.1) is 11.8 Å². The zero-order chi connectivity index (χ0) is 41.1. The molecular weight excluding hydrogens is 765 g/mol. The van der Waals surface area contributed by atoms with Crippen molar-refractivity contribution in [1.29, 1.82) is 0 Å². The number of amidine groups is 1. The summed E-state index contributed by atoms with van der Waals surface area (Å²) in [6.07, 6.45) is 4.30. The first kappa shape index (κ1) is 45.9. The number of aliphatic imine (C=N–C) groups is 1. The van der Waals surface area contributed by atoms with E-state index in [9.17, 15) is 45.9 Å². The molecule has 0 saturated heterocycles. The monoisotopic (exact) mass is 814 g/mol. The van der Waals surface area contributed by atoms with Crippen LogP contribution in [0.4, 0.5) is 5.82 Å². The lowest BCUT2D eigenvalue weighted by Gasteiger charge is -2.13. The van der Waals surface area contributed by atoms with E-state index in [4.69, 9.17) is 9.84 Å². The van der Waals surface area contributed by atoms with Crippen LogP contribution in [0.15, 0.2) is 38.2 Å². The number of anilines is 1. The molecule has 0 fully saturated rings. The van der Waals surface area contributed by atoms with E-state index in [0.29, 0.717) is 42.6 Å². The summed E-state index contributed by atoms with van der Waals surface area (Å²) in [6.45, 7) is 12.1. The molecule has 1 aromatic heterocycles. The molecule has 0 radical (unpaired) electrons. The number of nitrogens with zero attached hydrogens (tertiary/aromatic N) is 1. The van der Waals surface area contributed by atoms with Crippen molar-refractivity contribution in [3.63, 3.8) is 0 Å². The van der Waals surface area contributed by atoms with Crippen molar-refractivity contribution >= 4 is 78.9 Å². The van der Waals surface area contributed by atoms with E-state index in [0.717, 1.165) is 24.3 Å². The van der Waals surface area contributed by atoms with Gasteiger partial charge in [0, 0.05) is 47.8 Å². The molecule has 0 saturated carbocycles. The summed E-state index contributed by atoms with van der Waals surface area (Å²) in [5.41, 5.74) is 1.27. The Hall–Kier alpha value is -4.23. The van der Waals surface area contributed by atoms with Gasteiger partial charge in [0.15, 0.2) is 25.5 Å². The maximum absolute atomic E-state index is 13.1. The molecule has 1 unspecified atom stereocenters. The van der Waals surface area contributed by atoms with Crippen LogP contribution in [0, 0.1) is 5.92 Å². The van der Waals surface area contributed by atoms with Gasteiger partial charge < -0.3 is 30.6 Å². The lowest BCUT2D eigenvalue weighted by atomic mass is 9.98. The Kier molecular flexibility index (Phi) is 16.9. The largest absolute Gasteiger partial charge is 0.481 e. The van der Waals surface area contributed by atoms with Crippen molar-refractivity contribution in [2.45, 2.75) is 95.6 Å². The van der Waals surface area contributed by atoms with E-state index >= 15 is 0 Å². The molecule has 0 aliphatic carbocycles. The van der Waals surface area contributed by atoms with Gasteiger partial charge in [-0.2, -0.15) is 0 Å². The average Bonchev–Trinajstić information content (AvgIpc) is 3.57. The smallest absolute Gasteiger partial charge is 0.333 e. The highest BCUT2D eigenvalue weighted by molar-refractivity contribution is 8.00. The highest BCUT2D eigenvalue weighted by atomic mass is 32.2. The van der Waals surface area contributed by atoms with Gasteiger partial charge in [0.2, 0.25) is 11.8 Å². The molecule has 0 spiro atoms. The molecule has 16 nitrogen and oxygen atoms in total. The van der Waals surface area contributed by atoms with E-state index in [1.54, 1.807) is 27.7 Å². The number of allylic oxidation sites excluding steroid dienone is 1. The number of hydrogen-bond acceptors (Lipinski definition) is 12. The zero-order valence-electron chi connectivity index (χ0n) is 31.5. The third-order valence-corrected chi connectivity index (χ3v) is 11.4. The number of aromatic nitrogens is 1. The number of nitrogens with one attached hydrogen (secondary N) is 3. The molecule has 2 heterocycles. The van der Waals surface area contributed by atoms with Crippen LogP contribution in [-0.2, 0) is 48.4 Å². The summed E-state index contributed by atoms with van der Waals surface area (Å²) in [4.78, 5) is 66.9. The SMILES string of the molecule is C=C(C)C(=O)OCCCCC(=O)NC1=NC(=Cc2[nH]c(NC(=O)CCCCSC(CC(=O)O)C(=O)O)c(S(C)(=O)=O)c2C(C)C)C(C(C)C)=C1S(C)(=O)=O. The molecular formula is C35H50N4O12S3. The van der Waals surface area contributed by atoms with Crippen molar-refractivity contribution in [3.8, 4) is 0 Å². The van der Waals surface area contributed by atoms with Crippen molar-refractivity contribution in [1.82, 2.24) is 10.3 Å². The topological polar surface area (TPSA) is 256 Å². The Morgan fingerprint density at radius 1 is 0.907 bits per heavy atom. The number of sulfone groups is 2. The quantitative estimate of drug-likeness (QED) is 0.0655. The normalized spacial score (nSPS) is 14.7. The molecule has 1 aliphatic rings. The third kappa shape index (κ3) is 13.6. The fraction of sp³-hybridized carbons (Fsp3) is 0.543. The van der Waals surface area contributed by atoms with E-state index in [1.165, 1.54) is 13.0 Å². The number of carbonyl (C=O) groups excluding carboxylic acids is 3. The second kappa shape index (κ2) is 19.9. The molecule has 5 N–H and O–H groups in total. The molecule has 2 amide bonds. The Bertz CT molecular complexity index is 1960. The molecule has 0 aromatic carbocycles. The molecule has 1 atom stereocenters. The number of thioether (sulfide) groups is 1. The summed E-state index contributed by atoms with van der Waals surface area (Å²) < 4.78 is 57.6. The molecule has 300 valence electrons. The Morgan fingerprint density at radius 3 is 2.00 bits per heavy atom. The molecule has 2 rings (SSSR count). The number of carboxylic acid groups (broad SMARTS) is 2. The van der Waals surface area contributed by atoms with E-state index < -0.39 is 72.9 Å². The number of unbranched alkanes of at least 4 members (excludes halogenated alkanes) is 2. The van der Waals surface area contributed by atoms with Gasteiger partial charge in [0.1, 0.15) is 20.9 Å². The number of esters is 1. The van der Waals surface area contributed by atoms with Crippen LogP contribution in [0.25, 0.3) is 6.08 Å². The molecule has 1 aromatic rings. The second-order valence-corrected chi connectivity index (χ2v) is 18.7. The van der Waals surface area contributed by atoms with Gasteiger partial charge in [-0.05, 0) is 56.3 Å². The minimum Gasteiger partial charge on any atom is -0.481 e. The highest BCUT2D eigenvalue weighted by Gasteiger charge is 2.35. The van der Waals surface area contributed by atoms with Crippen LogP contribution in [0.1, 0.15) is 96.7 Å². The fourth-order valence-electron chi connectivity index (χ4n) is 5.48. The fourth-order valence-corrected chi connectivity index (χ4v) is 8.94. The molecule has 54 heavy (non-hydrogen) atoms. The zero-order valence-corrected chi connectivity index (χ0v) is 34.0. The lowest BCUT2D eigenvalue weighted by molar-refractivity contribution is -0.142. The summed E-state index contributed by atoms with van der Waals surface area (Å²) in [6, 6.07) is 0. The summed E-state index contributed by atoms with van der Waals surface area (Å²) in [5.74, 6) is -4.87. The Morgan fingerprint density at radius 2 is 1.50 bits per heavy atom. The van der Waals surface area contributed by atoms with Gasteiger partial charge >= 0.3 is 17.9 Å².